The second-order valence-corrected chi connectivity index (χ2v) is 2.22. The lowest BCUT2D eigenvalue weighted by Gasteiger charge is -2.06. The number of amides is 1. The Bertz CT molecular complexity index is 146. The van der Waals surface area contributed by atoms with Gasteiger partial charge in [-0.25, -0.2) is 0 Å². The maximum Gasteiger partial charge on any atom is 0.401 e. The third-order valence-corrected chi connectivity index (χ3v) is 1.13. The van der Waals surface area contributed by atoms with Crippen LogP contribution in [0.5, 0.6) is 0 Å². The van der Waals surface area contributed by atoms with E-state index in [0.29, 0.717) is 0 Å². The van der Waals surface area contributed by atoms with Crippen molar-refractivity contribution < 1.29 is 18.0 Å². The molecule has 0 unspecified atom stereocenters. The molecule has 12 heavy (non-hydrogen) atoms. The molecule has 72 valence electrons. The first-order valence-corrected chi connectivity index (χ1v) is 3.44. The van der Waals surface area contributed by atoms with Crippen molar-refractivity contribution in [2.24, 2.45) is 0 Å². The second-order valence-electron chi connectivity index (χ2n) is 2.22. The Morgan fingerprint density at radius 3 is 2.42 bits per heavy atom. The van der Waals surface area contributed by atoms with Gasteiger partial charge in [-0.15, -0.1) is 0 Å². The van der Waals surface area contributed by atoms with E-state index in [-0.39, 0.29) is 18.9 Å². The molecule has 0 aromatic carbocycles. The van der Waals surface area contributed by atoms with Crippen LogP contribution in [0.3, 0.4) is 0 Å². The minimum Gasteiger partial charge on any atom is -0.359 e. The van der Waals surface area contributed by atoms with Crippen LogP contribution in [-0.2, 0) is 4.79 Å². The molecule has 0 bridgehead atoms. The molecule has 0 spiro atoms. The Kier molecular flexibility index (Phi) is 4.65. The normalized spacial score (nSPS) is 11.3. The van der Waals surface area contributed by atoms with Crippen LogP contribution in [0.25, 0.3) is 0 Å². The molecule has 0 fully saturated rings. The first-order chi connectivity index (χ1) is 5.45. The molecular weight excluding hydrogens is 173 g/mol. The molecule has 0 saturated carbocycles. The van der Waals surface area contributed by atoms with Gasteiger partial charge in [0.15, 0.2) is 0 Å². The van der Waals surface area contributed by atoms with Gasteiger partial charge in [-0.2, -0.15) is 13.2 Å². The van der Waals surface area contributed by atoms with Crippen molar-refractivity contribution in [1.29, 1.82) is 0 Å². The lowest BCUT2D eigenvalue weighted by molar-refractivity contribution is -0.127. The highest BCUT2D eigenvalue weighted by Gasteiger charge is 2.25. The predicted molar refractivity (Wildman–Crippen MR) is 37.6 cm³/mol. The van der Waals surface area contributed by atoms with Gasteiger partial charge in [-0.3, -0.25) is 4.79 Å². The fraction of sp³-hybridized carbons (Fsp3) is 0.833. The molecule has 0 aromatic heterocycles. The van der Waals surface area contributed by atoms with Crippen LogP contribution in [0.4, 0.5) is 13.2 Å². The third kappa shape index (κ3) is 7.33. The smallest absolute Gasteiger partial charge is 0.359 e. The summed E-state index contributed by atoms with van der Waals surface area (Å²) < 4.78 is 34.5. The average Bonchev–Trinajstić information content (AvgIpc) is 1.96. The third-order valence-electron chi connectivity index (χ3n) is 1.13. The van der Waals surface area contributed by atoms with Gasteiger partial charge in [0.25, 0.3) is 0 Å². The quantitative estimate of drug-likeness (QED) is 0.616. The highest BCUT2D eigenvalue weighted by molar-refractivity contribution is 5.75. The molecule has 0 heterocycles. The van der Waals surface area contributed by atoms with Gasteiger partial charge in [-0.05, 0) is 0 Å². The van der Waals surface area contributed by atoms with E-state index < -0.39 is 12.7 Å². The van der Waals surface area contributed by atoms with Crippen LogP contribution < -0.4 is 10.6 Å². The number of alkyl halides is 3. The molecule has 1 amide bonds. The van der Waals surface area contributed by atoms with Gasteiger partial charge in [-0.1, -0.05) is 0 Å². The minimum absolute atomic E-state index is 0.0409. The maximum absolute atomic E-state index is 11.5. The van der Waals surface area contributed by atoms with E-state index >= 15 is 0 Å². The Labute approximate surface area is 68.3 Å². The summed E-state index contributed by atoms with van der Waals surface area (Å²) in [6.45, 7) is -1.01. The number of hydrogen-bond acceptors (Lipinski definition) is 2. The van der Waals surface area contributed by atoms with Crippen molar-refractivity contribution in [3.8, 4) is 0 Å². The topological polar surface area (TPSA) is 41.1 Å². The number of carbonyl (C=O) groups excluding carboxylic acids is 1. The van der Waals surface area contributed by atoms with Gasteiger partial charge >= 0.3 is 6.18 Å². The van der Waals surface area contributed by atoms with Crippen LogP contribution in [0, 0.1) is 0 Å². The molecular formula is C6H11F3N2O. The minimum atomic E-state index is -4.21. The second kappa shape index (κ2) is 4.97. The molecule has 2 N–H and O–H groups in total. The van der Waals surface area contributed by atoms with Crippen LogP contribution in [-0.4, -0.2) is 32.2 Å². The molecule has 0 atom stereocenters. The van der Waals surface area contributed by atoms with Gasteiger partial charge in [0, 0.05) is 20.0 Å². The zero-order valence-corrected chi connectivity index (χ0v) is 6.66. The lowest BCUT2D eigenvalue weighted by Crippen LogP contribution is -2.32. The average molecular weight is 184 g/mol. The lowest BCUT2D eigenvalue weighted by atomic mass is 10.4. The van der Waals surface area contributed by atoms with Crippen molar-refractivity contribution in [3.05, 3.63) is 0 Å². The molecule has 0 aliphatic heterocycles. The molecule has 0 aliphatic rings. The first-order valence-electron chi connectivity index (χ1n) is 3.44. The summed E-state index contributed by atoms with van der Waals surface area (Å²) in [6.07, 6.45) is -4.14. The number of rotatable bonds is 4. The Balaban J connectivity index is 3.28. The van der Waals surface area contributed by atoms with Gasteiger partial charge in [0.2, 0.25) is 5.91 Å². The van der Waals surface area contributed by atoms with Crippen molar-refractivity contribution >= 4 is 5.91 Å². The summed E-state index contributed by atoms with van der Waals surface area (Å²) in [5, 5.41) is 4.41. The summed E-state index contributed by atoms with van der Waals surface area (Å²) in [4.78, 5) is 10.5. The Hall–Kier alpha value is -0.780. The van der Waals surface area contributed by atoms with Gasteiger partial charge in [0.05, 0.1) is 6.54 Å². The van der Waals surface area contributed by atoms with Gasteiger partial charge < -0.3 is 10.6 Å². The van der Waals surface area contributed by atoms with Crippen molar-refractivity contribution in [3.63, 3.8) is 0 Å². The van der Waals surface area contributed by atoms with E-state index in [0.717, 1.165) is 0 Å². The summed E-state index contributed by atoms with van der Waals surface area (Å²) in [7, 11) is 1.44. The zero-order chi connectivity index (χ0) is 9.61. The standard InChI is InChI=1S/C6H11F3N2O/c1-10-5(12)2-3-11-4-6(7,8)9/h11H,2-4H2,1H3,(H,10,12). The zero-order valence-electron chi connectivity index (χ0n) is 6.66. The molecule has 6 heteroatoms. The largest absolute Gasteiger partial charge is 0.401 e. The van der Waals surface area contributed by atoms with Crippen molar-refractivity contribution in [2.75, 3.05) is 20.1 Å². The number of hydrogen-bond donors (Lipinski definition) is 2. The highest BCUT2D eigenvalue weighted by atomic mass is 19.4. The first kappa shape index (κ1) is 11.2. The van der Waals surface area contributed by atoms with Crippen LogP contribution in [0.15, 0.2) is 0 Å². The Morgan fingerprint density at radius 1 is 1.42 bits per heavy atom. The van der Waals surface area contributed by atoms with E-state index in [1.54, 1.807) is 0 Å². The van der Waals surface area contributed by atoms with Crippen LogP contribution >= 0.6 is 0 Å². The van der Waals surface area contributed by atoms with E-state index in [1.165, 1.54) is 7.05 Å². The van der Waals surface area contributed by atoms with Crippen LogP contribution in [0.2, 0.25) is 0 Å². The summed E-state index contributed by atoms with van der Waals surface area (Å²) >= 11 is 0. The number of halogens is 3. The van der Waals surface area contributed by atoms with Crippen LogP contribution in [0.1, 0.15) is 6.42 Å². The summed E-state index contributed by atoms with van der Waals surface area (Å²) in [6, 6.07) is 0. The molecule has 3 nitrogen and oxygen atoms in total. The summed E-state index contributed by atoms with van der Waals surface area (Å²) in [5.74, 6) is -0.273. The molecule has 0 saturated heterocycles. The molecule has 0 aromatic rings. The summed E-state index contributed by atoms with van der Waals surface area (Å²) in [5.41, 5.74) is 0. The maximum atomic E-state index is 11.5. The van der Waals surface area contributed by atoms with Crippen molar-refractivity contribution in [1.82, 2.24) is 10.6 Å². The van der Waals surface area contributed by atoms with E-state index in [1.807, 2.05) is 0 Å². The molecule has 0 radical (unpaired) electrons. The Morgan fingerprint density at radius 2 is 2.00 bits per heavy atom. The molecule has 0 rings (SSSR count). The fourth-order valence-corrected chi connectivity index (χ4v) is 0.557. The van der Waals surface area contributed by atoms with E-state index in [9.17, 15) is 18.0 Å². The fourth-order valence-electron chi connectivity index (χ4n) is 0.557. The van der Waals surface area contributed by atoms with Gasteiger partial charge in [0.1, 0.15) is 0 Å². The molecule has 0 aliphatic carbocycles. The predicted octanol–water partition coefficient (Wildman–Crippen LogP) is 0.274. The SMILES string of the molecule is CNC(=O)CCNCC(F)(F)F. The number of carbonyl (C=O) groups is 1. The highest BCUT2D eigenvalue weighted by Crippen LogP contribution is 2.11. The number of nitrogens with one attached hydrogen (secondary N) is 2. The van der Waals surface area contributed by atoms with E-state index in [2.05, 4.69) is 10.6 Å². The monoisotopic (exact) mass is 184 g/mol. The van der Waals surface area contributed by atoms with E-state index in [4.69, 9.17) is 0 Å². The van der Waals surface area contributed by atoms with Crippen molar-refractivity contribution in [2.45, 2.75) is 12.6 Å².